The summed E-state index contributed by atoms with van der Waals surface area (Å²) >= 11 is 0. The van der Waals surface area contributed by atoms with Gasteiger partial charge < -0.3 is 25.3 Å². The first-order chi connectivity index (χ1) is 16.8. The second-order valence-corrected chi connectivity index (χ2v) is 9.20. The maximum atomic E-state index is 13.8. The summed E-state index contributed by atoms with van der Waals surface area (Å²) < 4.78 is 7.28. The number of methoxy groups -OCH3 is 1. The second-order valence-electron chi connectivity index (χ2n) is 9.20. The van der Waals surface area contributed by atoms with Crippen LogP contribution < -0.4 is 11.1 Å². The van der Waals surface area contributed by atoms with Gasteiger partial charge in [0.15, 0.2) is 0 Å². The van der Waals surface area contributed by atoms with Gasteiger partial charge in [-0.1, -0.05) is 18.1 Å². The van der Waals surface area contributed by atoms with Crippen LogP contribution in [0.15, 0.2) is 46.0 Å². The lowest BCUT2D eigenvalue weighted by molar-refractivity contribution is 0.102. The summed E-state index contributed by atoms with van der Waals surface area (Å²) in [4.78, 5) is 24.4. The molecule has 1 fully saturated rings. The van der Waals surface area contributed by atoms with E-state index in [1.807, 2.05) is 45.2 Å². The fourth-order valence-corrected chi connectivity index (χ4v) is 4.11. The van der Waals surface area contributed by atoms with Crippen LogP contribution in [0.2, 0.25) is 0 Å². The van der Waals surface area contributed by atoms with Crippen molar-refractivity contribution in [2.24, 2.45) is 15.7 Å². The molecule has 2 aliphatic rings. The molecule has 1 aliphatic heterocycles. The number of nitrogens with two attached hydrogens (primary N) is 1. The molecular weight excluding hydrogens is 440 g/mol. The van der Waals surface area contributed by atoms with Gasteiger partial charge >= 0.3 is 0 Å². The van der Waals surface area contributed by atoms with E-state index in [-0.39, 0.29) is 11.4 Å². The fraction of sp³-hybridized carbons (Fsp3) is 0.370. The van der Waals surface area contributed by atoms with Gasteiger partial charge in [-0.15, -0.1) is 0 Å². The topological polar surface area (TPSA) is 97.2 Å². The van der Waals surface area contributed by atoms with Crippen LogP contribution in [0.25, 0.3) is 0 Å². The molecule has 0 bridgehead atoms. The molecule has 1 amide bonds. The zero-order chi connectivity index (χ0) is 25.2. The molecule has 1 aromatic heterocycles. The number of hydrogen-bond donors (Lipinski definition) is 2. The number of anilines is 1. The summed E-state index contributed by atoms with van der Waals surface area (Å²) in [6.07, 6.45) is 6.58. The van der Waals surface area contributed by atoms with Crippen molar-refractivity contribution in [2.45, 2.75) is 51.9 Å². The maximum Gasteiger partial charge on any atom is 0.259 e. The lowest BCUT2D eigenvalue weighted by atomic mass is 10.0. The van der Waals surface area contributed by atoms with Crippen molar-refractivity contribution in [3.63, 3.8) is 0 Å². The van der Waals surface area contributed by atoms with Gasteiger partial charge in [0.25, 0.3) is 5.91 Å². The smallest absolute Gasteiger partial charge is 0.259 e. The van der Waals surface area contributed by atoms with Gasteiger partial charge in [-0.05, 0) is 57.2 Å². The van der Waals surface area contributed by atoms with Gasteiger partial charge in [0, 0.05) is 48.9 Å². The Morgan fingerprint density at radius 1 is 1.37 bits per heavy atom. The van der Waals surface area contributed by atoms with Gasteiger partial charge in [-0.3, -0.25) is 9.79 Å². The summed E-state index contributed by atoms with van der Waals surface area (Å²) in [5, 5.41) is 3.04. The Morgan fingerprint density at radius 2 is 2.09 bits per heavy atom. The third kappa shape index (κ3) is 4.92. The molecule has 8 heteroatoms. The number of allylic oxidation sites excluding steroid dienone is 1. The number of aliphatic imine (C=N–C) groups is 2. The molecular formula is C27H32N6O2. The van der Waals surface area contributed by atoms with E-state index < -0.39 is 6.17 Å². The minimum absolute atomic E-state index is 0.152. The molecule has 1 saturated carbocycles. The zero-order valence-electron chi connectivity index (χ0n) is 20.9. The Labute approximate surface area is 206 Å². The van der Waals surface area contributed by atoms with E-state index >= 15 is 0 Å². The summed E-state index contributed by atoms with van der Waals surface area (Å²) in [6, 6.07) is 7.59. The van der Waals surface area contributed by atoms with E-state index in [2.05, 4.69) is 33.6 Å². The van der Waals surface area contributed by atoms with E-state index in [9.17, 15) is 4.79 Å². The number of nitrogens with one attached hydrogen (secondary N) is 1. The first kappa shape index (κ1) is 24.5. The van der Waals surface area contributed by atoms with Gasteiger partial charge in [0.1, 0.15) is 17.7 Å². The SMILES string of the molecule is C/C=N\C=C(/C)C#Cc1c(C(=O)Nc2ccc(COC)cc2)c2c(n1C1(C)CC1)N=CN(C)C2N. The van der Waals surface area contributed by atoms with Crippen molar-refractivity contribution in [3.05, 3.63) is 58.4 Å². The molecule has 1 aliphatic carbocycles. The van der Waals surface area contributed by atoms with E-state index in [0.29, 0.717) is 34.9 Å². The quantitative estimate of drug-likeness (QED) is 0.484. The highest BCUT2D eigenvalue weighted by atomic mass is 16.5. The van der Waals surface area contributed by atoms with E-state index in [1.54, 1.807) is 30.8 Å². The lowest BCUT2D eigenvalue weighted by Crippen LogP contribution is -2.33. The normalized spacial score (nSPS) is 18.3. The summed E-state index contributed by atoms with van der Waals surface area (Å²) in [5.74, 6) is 6.87. The number of aromatic nitrogens is 1. The van der Waals surface area contributed by atoms with Crippen LogP contribution >= 0.6 is 0 Å². The molecule has 2 heterocycles. The molecule has 8 nitrogen and oxygen atoms in total. The van der Waals surface area contributed by atoms with E-state index in [1.165, 1.54) is 0 Å². The average molecular weight is 473 g/mol. The third-order valence-electron chi connectivity index (χ3n) is 6.34. The number of benzene rings is 1. The van der Waals surface area contributed by atoms with Crippen molar-refractivity contribution in [1.29, 1.82) is 0 Å². The van der Waals surface area contributed by atoms with Crippen molar-refractivity contribution in [1.82, 2.24) is 9.47 Å². The third-order valence-corrected chi connectivity index (χ3v) is 6.34. The number of nitrogens with zero attached hydrogens (tertiary/aromatic N) is 4. The van der Waals surface area contributed by atoms with Gasteiger partial charge in [-0.2, -0.15) is 0 Å². The zero-order valence-corrected chi connectivity index (χ0v) is 20.9. The van der Waals surface area contributed by atoms with Crippen LogP contribution in [0, 0.1) is 11.8 Å². The highest BCUT2D eigenvalue weighted by molar-refractivity contribution is 6.08. The number of carbonyl (C=O) groups is 1. The molecule has 1 aromatic carbocycles. The minimum Gasteiger partial charge on any atom is -0.380 e. The van der Waals surface area contributed by atoms with Gasteiger partial charge in [-0.25, -0.2) is 4.99 Å². The first-order valence-electron chi connectivity index (χ1n) is 11.7. The molecule has 182 valence electrons. The maximum absolute atomic E-state index is 13.8. The number of ether oxygens (including phenoxy) is 1. The van der Waals surface area contributed by atoms with Crippen LogP contribution in [-0.2, 0) is 16.9 Å². The van der Waals surface area contributed by atoms with Crippen LogP contribution in [-0.4, -0.2) is 42.1 Å². The lowest BCUT2D eigenvalue weighted by Gasteiger charge is -2.27. The Kier molecular flexibility index (Phi) is 6.92. The molecule has 3 N–H and O–H groups in total. The van der Waals surface area contributed by atoms with Crippen LogP contribution in [0.5, 0.6) is 0 Å². The highest BCUT2D eigenvalue weighted by Gasteiger charge is 2.46. The minimum atomic E-state index is -0.516. The number of fused-ring (bicyclic) bond motifs is 1. The molecule has 2 aromatic rings. The number of carbonyl (C=O) groups excluding carboxylic acids is 1. The fourth-order valence-electron chi connectivity index (χ4n) is 4.11. The predicted molar refractivity (Wildman–Crippen MR) is 140 cm³/mol. The Balaban J connectivity index is 1.84. The summed E-state index contributed by atoms with van der Waals surface area (Å²) in [6.45, 7) is 6.42. The van der Waals surface area contributed by atoms with Gasteiger partial charge in [0.05, 0.1) is 18.5 Å². The molecule has 0 saturated heterocycles. The average Bonchev–Trinajstić information content (AvgIpc) is 3.48. The molecule has 1 atom stereocenters. The number of rotatable bonds is 6. The molecule has 1 unspecified atom stereocenters. The largest absolute Gasteiger partial charge is 0.380 e. The molecule has 4 rings (SSSR count). The molecule has 0 radical (unpaired) electrons. The summed E-state index contributed by atoms with van der Waals surface area (Å²) in [7, 11) is 3.51. The molecule has 0 spiro atoms. The first-order valence-corrected chi connectivity index (χ1v) is 11.7. The van der Waals surface area contributed by atoms with Crippen molar-refractivity contribution >= 4 is 30.0 Å². The van der Waals surface area contributed by atoms with E-state index in [0.717, 1.165) is 24.0 Å². The van der Waals surface area contributed by atoms with Crippen molar-refractivity contribution in [3.8, 4) is 11.8 Å². The van der Waals surface area contributed by atoms with Gasteiger partial charge in [0.2, 0.25) is 0 Å². The Morgan fingerprint density at radius 3 is 2.71 bits per heavy atom. The monoisotopic (exact) mass is 472 g/mol. The second kappa shape index (κ2) is 9.90. The van der Waals surface area contributed by atoms with Crippen LogP contribution in [0.4, 0.5) is 11.5 Å². The van der Waals surface area contributed by atoms with E-state index in [4.69, 9.17) is 15.5 Å². The van der Waals surface area contributed by atoms with Crippen molar-refractivity contribution < 1.29 is 9.53 Å². The Hall–Kier alpha value is -3.67. The van der Waals surface area contributed by atoms with Crippen molar-refractivity contribution in [2.75, 3.05) is 19.5 Å². The van der Waals surface area contributed by atoms with Crippen LogP contribution in [0.3, 0.4) is 0 Å². The number of hydrogen-bond acceptors (Lipinski definition) is 6. The molecule has 35 heavy (non-hydrogen) atoms. The highest BCUT2D eigenvalue weighted by Crippen LogP contribution is 2.50. The van der Waals surface area contributed by atoms with Crippen LogP contribution in [0.1, 0.15) is 67.0 Å². The standard InChI is InChI=1S/C27H32N6O2/c1-6-29-15-18(2)7-12-21-22(26(34)31-20-10-8-19(9-11-20)16-35-5)23-24(28)32(4)17-30-25(23)33(21)27(3)13-14-27/h6,8-11,15,17,24H,13-14,16,28H2,1-5H3,(H,31,34)/b18-15+,29-6-. The Bertz CT molecular complexity index is 1270. The number of amides is 1. The summed E-state index contributed by atoms with van der Waals surface area (Å²) in [5.41, 5.74) is 10.7. The predicted octanol–water partition coefficient (Wildman–Crippen LogP) is 4.30.